The summed E-state index contributed by atoms with van der Waals surface area (Å²) < 4.78 is 5.82. The summed E-state index contributed by atoms with van der Waals surface area (Å²) in [7, 11) is 0. The van der Waals surface area contributed by atoms with Crippen molar-refractivity contribution < 1.29 is 4.74 Å². The van der Waals surface area contributed by atoms with E-state index in [4.69, 9.17) is 16.3 Å². The van der Waals surface area contributed by atoms with Gasteiger partial charge in [-0.2, -0.15) is 0 Å². The van der Waals surface area contributed by atoms with E-state index < -0.39 is 0 Å². The van der Waals surface area contributed by atoms with Crippen molar-refractivity contribution in [3.63, 3.8) is 0 Å². The van der Waals surface area contributed by atoms with E-state index in [2.05, 4.69) is 16.0 Å². The first-order valence-electron chi connectivity index (χ1n) is 5.49. The van der Waals surface area contributed by atoms with E-state index in [1.54, 1.807) is 6.20 Å². The van der Waals surface area contributed by atoms with E-state index in [1.165, 1.54) is 5.56 Å². The van der Waals surface area contributed by atoms with Gasteiger partial charge in [0.05, 0.1) is 11.6 Å². The third-order valence-electron chi connectivity index (χ3n) is 2.80. The average molecular weight is 247 g/mol. The van der Waals surface area contributed by atoms with Crippen LogP contribution in [0.5, 0.6) is 5.75 Å². The second-order valence-electron chi connectivity index (χ2n) is 3.96. The quantitative estimate of drug-likeness (QED) is 0.765. The summed E-state index contributed by atoms with van der Waals surface area (Å²) in [6, 6.07) is 9.85. The number of alkyl halides is 1. The zero-order chi connectivity index (χ0) is 11.7. The highest BCUT2D eigenvalue weighted by atomic mass is 35.5. The number of para-hydroxylation sites is 1. The van der Waals surface area contributed by atoms with E-state index in [0.29, 0.717) is 11.7 Å². The molecule has 0 spiro atoms. The highest BCUT2D eigenvalue weighted by Gasteiger charge is 2.26. The Bertz CT molecular complexity index is 519. The molecule has 17 heavy (non-hydrogen) atoms. The van der Waals surface area contributed by atoms with Crippen LogP contribution in [0.3, 0.4) is 0 Å². The van der Waals surface area contributed by atoms with Gasteiger partial charge in [0.1, 0.15) is 5.75 Å². The topological polar surface area (TPSA) is 35.0 Å². The third-order valence-corrected chi connectivity index (χ3v) is 3.08. The van der Waals surface area contributed by atoms with Gasteiger partial charge in [-0.3, -0.25) is 0 Å². The fourth-order valence-corrected chi connectivity index (χ4v) is 2.12. The lowest BCUT2D eigenvalue weighted by Crippen LogP contribution is -2.09. The first kappa shape index (κ1) is 10.5. The van der Waals surface area contributed by atoms with E-state index in [9.17, 15) is 0 Å². The fourth-order valence-electron chi connectivity index (χ4n) is 1.97. The molecule has 0 bridgehead atoms. The van der Waals surface area contributed by atoms with Crippen molar-refractivity contribution >= 4 is 11.6 Å². The number of hydrogen-bond acceptors (Lipinski definition) is 3. The van der Waals surface area contributed by atoms with Gasteiger partial charge in [0.25, 0.3) is 0 Å². The van der Waals surface area contributed by atoms with Crippen LogP contribution in [0.15, 0.2) is 36.5 Å². The lowest BCUT2D eigenvalue weighted by atomic mass is 10.1. The maximum absolute atomic E-state index is 5.82. The minimum atomic E-state index is -0.0874. The van der Waals surface area contributed by atoms with Gasteiger partial charge >= 0.3 is 0 Å². The standard InChI is InChI=1S/C13H11ClN2O/c14-8-10-5-6-15-13(16-10)12-7-9-3-1-2-4-11(9)17-12/h1-6,12H,7-8H2. The summed E-state index contributed by atoms with van der Waals surface area (Å²) in [5, 5.41) is 0. The molecule has 1 unspecified atom stereocenters. The monoisotopic (exact) mass is 246 g/mol. The largest absolute Gasteiger partial charge is 0.482 e. The van der Waals surface area contributed by atoms with Gasteiger partial charge in [-0.05, 0) is 17.7 Å². The van der Waals surface area contributed by atoms with Crippen LogP contribution in [-0.2, 0) is 12.3 Å². The molecule has 1 aromatic carbocycles. The zero-order valence-electron chi connectivity index (χ0n) is 9.14. The SMILES string of the molecule is ClCc1ccnc(C2Cc3ccccc3O2)n1. The van der Waals surface area contributed by atoms with Gasteiger partial charge in [0, 0.05) is 12.6 Å². The maximum atomic E-state index is 5.82. The number of fused-ring (bicyclic) bond motifs is 1. The molecule has 0 fully saturated rings. The molecule has 0 amide bonds. The molecule has 1 aromatic heterocycles. The highest BCUT2D eigenvalue weighted by Crippen LogP contribution is 2.34. The molecule has 3 rings (SSSR count). The van der Waals surface area contributed by atoms with Crippen molar-refractivity contribution in [3.05, 3.63) is 53.6 Å². The number of rotatable bonds is 2. The Balaban J connectivity index is 1.88. The Morgan fingerprint density at radius 1 is 1.29 bits per heavy atom. The Hall–Kier alpha value is -1.61. The minimum absolute atomic E-state index is 0.0874. The van der Waals surface area contributed by atoms with Gasteiger partial charge < -0.3 is 4.74 Å². The molecule has 0 saturated carbocycles. The first-order valence-corrected chi connectivity index (χ1v) is 6.02. The third kappa shape index (κ3) is 1.98. The van der Waals surface area contributed by atoms with Crippen molar-refractivity contribution in [2.24, 2.45) is 0 Å². The van der Waals surface area contributed by atoms with Crippen molar-refractivity contribution in [1.82, 2.24) is 9.97 Å². The number of nitrogens with zero attached hydrogens (tertiary/aromatic N) is 2. The Kier molecular flexibility index (Phi) is 2.69. The second kappa shape index (κ2) is 4.34. The molecule has 1 aliphatic heterocycles. The summed E-state index contributed by atoms with van der Waals surface area (Å²) in [6.07, 6.45) is 2.46. The Labute approximate surface area is 104 Å². The second-order valence-corrected chi connectivity index (χ2v) is 4.23. The van der Waals surface area contributed by atoms with Crippen LogP contribution in [-0.4, -0.2) is 9.97 Å². The van der Waals surface area contributed by atoms with E-state index in [1.807, 2.05) is 24.3 Å². The molecule has 0 N–H and O–H groups in total. The molecular formula is C13H11ClN2O. The predicted molar refractivity (Wildman–Crippen MR) is 65.1 cm³/mol. The van der Waals surface area contributed by atoms with Crippen molar-refractivity contribution in [2.75, 3.05) is 0 Å². The van der Waals surface area contributed by atoms with Gasteiger partial charge in [-0.1, -0.05) is 18.2 Å². The number of hydrogen-bond donors (Lipinski definition) is 0. The Morgan fingerprint density at radius 2 is 2.18 bits per heavy atom. The highest BCUT2D eigenvalue weighted by molar-refractivity contribution is 6.16. The van der Waals surface area contributed by atoms with Crippen LogP contribution < -0.4 is 4.74 Å². The summed E-state index contributed by atoms with van der Waals surface area (Å²) in [5.41, 5.74) is 2.04. The molecule has 1 atom stereocenters. The number of halogens is 1. The molecule has 3 nitrogen and oxygen atoms in total. The number of aromatic nitrogens is 2. The van der Waals surface area contributed by atoms with Crippen LogP contribution in [0.2, 0.25) is 0 Å². The summed E-state index contributed by atoms with van der Waals surface area (Å²) in [6.45, 7) is 0. The zero-order valence-corrected chi connectivity index (χ0v) is 9.89. The summed E-state index contributed by atoms with van der Waals surface area (Å²) in [5.74, 6) is 2.03. The number of ether oxygens (including phenoxy) is 1. The summed E-state index contributed by atoms with van der Waals surface area (Å²) >= 11 is 5.76. The van der Waals surface area contributed by atoms with Gasteiger partial charge in [0.2, 0.25) is 0 Å². The van der Waals surface area contributed by atoms with Crippen molar-refractivity contribution in [3.8, 4) is 5.75 Å². The molecule has 4 heteroatoms. The normalized spacial score (nSPS) is 17.6. The van der Waals surface area contributed by atoms with E-state index in [0.717, 1.165) is 17.9 Å². The maximum Gasteiger partial charge on any atom is 0.169 e. The molecule has 1 aliphatic rings. The smallest absolute Gasteiger partial charge is 0.169 e. The Morgan fingerprint density at radius 3 is 3.00 bits per heavy atom. The molecule has 86 valence electrons. The van der Waals surface area contributed by atoms with E-state index >= 15 is 0 Å². The molecule has 2 heterocycles. The average Bonchev–Trinajstić information content (AvgIpc) is 2.82. The molecule has 0 aliphatic carbocycles. The molecular weight excluding hydrogens is 236 g/mol. The van der Waals surface area contributed by atoms with Gasteiger partial charge in [0.15, 0.2) is 11.9 Å². The molecule has 2 aromatic rings. The van der Waals surface area contributed by atoms with Crippen LogP contribution in [0.1, 0.15) is 23.2 Å². The van der Waals surface area contributed by atoms with Crippen molar-refractivity contribution in [2.45, 2.75) is 18.4 Å². The van der Waals surface area contributed by atoms with Gasteiger partial charge in [-0.15, -0.1) is 11.6 Å². The fraction of sp³-hybridized carbons (Fsp3) is 0.231. The predicted octanol–water partition coefficient (Wildman–Crippen LogP) is 2.89. The van der Waals surface area contributed by atoms with Crippen molar-refractivity contribution in [1.29, 1.82) is 0 Å². The lowest BCUT2D eigenvalue weighted by molar-refractivity contribution is 0.227. The van der Waals surface area contributed by atoms with Crippen LogP contribution in [0.25, 0.3) is 0 Å². The van der Waals surface area contributed by atoms with Gasteiger partial charge in [-0.25, -0.2) is 9.97 Å². The van der Waals surface area contributed by atoms with Crippen LogP contribution >= 0.6 is 11.6 Å². The van der Waals surface area contributed by atoms with Crippen LogP contribution in [0.4, 0.5) is 0 Å². The number of benzene rings is 1. The molecule has 0 saturated heterocycles. The lowest BCUT2D eigenvalue weighted by Gasteiger charge is -2.09. The summed E-state index contributed by atoms with van der Waals surface area (Å²) in [4.78, 5) is 8.65. The minimum Gasteiger partial charge on any atom is -0.482 e. The van der Waals surface area contributed by atoms with E-state index in [-0.39, 0.29) is 6.10 Å². The molecule has 0 radical (unpaired) electrons. The van der Waals surface area contributed by atoms with Crippen LogP contribution in [0, 0.1) is 0 Å². The first-order chi connectivity index (χ1) is 8.36.